The Morgan fingerprint density at radius 1 is 0.692 bits per heavy atom. The van der Waals surface area contributed by atoms with Gasteiger partial charge in [-0.15, -0.1) is 0 Å². The quantitative estimate of drug-likeness (QED) is 0.271. The highest BCUT2D eigenvalue weighted by Gasteiger charge is 2.31. The van der Waals surface area contributed by atoms with E-state index >= 15 is 0 Å². The maximum absolute atomic E-state index is 13.8. The minimum atomic E-state index is -0.791. The molecule has 0 saturated carbocycles. The van der Waals surface area contributed by atoms with Crippen LogP contribution in [0, 0.1) is 0 Å². The summed E-state index contributed by atoms with van der Waals surface area (Å²) in [4.78, 5) is 29.3. The van der Waals surface area contributed by atoms with Crippen molar-refractivity contribution in [1.29, 1.82) is 0 Å². The number of ether oxygens (including phenoxy) is 2. The van der Waals surface area contributed by atoms with E-state index in [9.17, 15) is 9.59 Å². The van der Waals surface area contributed by atoms with Crippen LogP contribution in [0.2, 0.25) is 0 Å². The molecule has 6 nitrogen and oxygen atoms in total. The number of hydrogen-bond donors (Lipinski definition) is 1. The summed E-state index contributed by atoms with van der Waals surface area (Å²) in [6.07, 6.45) is 0.854. The van der Waals surface area contributed by atoms with Crippen LogP contribution in [0.5, 0.6) is 11.5 Å². The zero-order valence-electron chi connectivity index (χ0n) is 22.4. The summed E-state index contributed by atoms with van der Waals surface area (Å²) < 4.78 is 10.5. The van der Waals surface area contributed by atoms with E-state index in [-0.39, 0.29) is 24.8 Å². The Bertz CT molecular complexity index is 1320. The van der Waals surface area contributed by atoms with Crippen LogP contribution in [0.15, 0.2) is 109 Å². The third kappa shape index (κ3) is 7.71. The molecule has 0 aromatic heterocycles. The maximum Gasteiger partial charge on any atom is 0.247 e. The van der Waals surface area contributed by atoms with E-state index in [1.54, 1.807) is 19.1 Å². The molecule has 0 fully saturated rings. The maximum atomic E-state index is 13.8. The number of nitrogens with one attached hydrogen (secondary N) is 1. The van der Waals surface area contributed by atoms with Crippen LogP contribution in [0.25, 0.3) is 0 Å². The third-order valence-corrected chi connectivity index (χ3v) is 6.58. The Labute approximate surface area is 230 Å². The summed E-state index contributed by atoms with van der Waals surface area (Å²) in [5.74, 6) is 1.18. The van der Waals surface area contributed by atoms with Crippen molar-refractivity contribution in [2.24, 2.45) is 0 Å². The summed E-state index contributed by atoms with van der Waals surface area (Å²) in [5, 5.41) is 3.08. The second kappa shape index (κ2) is 13.8. The van der Waals surface area contributed by atoms with E-state index in [0.717, 1.165) is 33.8 Å². The number of methoxy groups -OCH3 is 2. The van der Waals surface area contributed by atoms with Crippen LogP contribution in [0.3, 0.4) is 0 Å². The van der Waals surface area contributed by atoms with Crippen LogP contribution in [-0.2, 0) is 29.0 Å². The molecule has 0 radical (unpaired) electrons. The van der Waals surface area contributed by atoms with Crippen molar-refractivity contribution in [3.05, 3.63) is 131 Å². The molecule has 1 N–H and O–H groups in total. The molecule has 2 amide bonds. The topological polar surface area (TPSA) is 67.9 Å². The molecule has 0 aliphatic rings. The smallest absolute Gasteiger partial charge is 0.247 e. The number of hydrogen-bond acceptors (Lipinski definition) is 4. The number of carbonyl (C=O) groups excluding carboxylic acids is 2. The molecule has 0 heterocycles. The van der Waals surface area contributed by atoms with Crippen LogP contribution in [0.1, 0.15) is 28.3 Å². The number of rotatable bonds is 12. The van der Waals surface area contributed by atoms with Gasteiger partial charge in [-0.3, -0.25) is 9.59 Å². The Hall–Kier alpha value is -4.58. The molecule has 4 rings (SSSR count). The van der Waals surface area contributed by atoms with Gasteiger partial charge >= 0.3 is 0 Å². The molecule has 39 heavy (non-hydrogen) atoms. The summed E-state index contributed by atoms with van der Waals surface area (Å²) >= 11 is 0. The molecule has 200 valence electrons. The lowest BCUT2D eigenvalue weighted by Gasteiger charge is -2.32. The Morgan fingerprint density at radius 2 is 1.23 bits per heavy atom. The Balaban J connectivity index is 1.59. The Morgan fingerprint density at radius 3 is 1.79 bits per heavy atom. The average molecular weight is 523 g/mol. The van der Waals surface area contributed by atoms with Crippen LogP contribution in [0.4, 0.5) is 0 Å². The van der Waals surface area contributed by atoms with Gasteiger partial charge in [0.1, 0.15) is 17.5 Å². The van der Waals surface area contributed by atoms with E-state index in [2.05, 4.69) is 5.32 Å². The SMILES string of the molecule is COc1ccc(CCNC(=O)[C@@H](c2ccccc2)N(Cc2ccc(OC)cc2)C(=O)Cc2ccccc2)cc1. The van der Waals surface area contributed by atoms with E-state index in [1.165, 1.54) is 0 Å². The van der Waals surface area contributed by atoms with Gasteiger partial charge < -0.3 is 19.7 Å². The van der Waals surface area contributed by atoms with E-state index < -0.39 is 6.04 Å². The normalized spacial score (nSPS) is 11.3. The van der Waals surface area contributed by atoms with Crippen molar-refractivity contribution in [3.8, 4) is 11.5 Å². The first-order valence-corrected chi connectivity index (χ1v) is 13.0. The number of amides is 2. The van der Waals surface area contributed by atoms with Gasteiger partial charge in [0.25, 0.3) is 0 Å². The summed E-state index contributed by atoms with van der Waals surface area (Å²) in [6, 6.07) is 33.6. The molecular formula is C33H34N2O4. The molecule has 0 spiro atoms. The molecule has 6 heteroatoms. The number of benzene rings is 4. The first kappa shape index (κ1) is 27.5. The van der Waals surface area contributed by atoms with E-state index in [1.807, 2.05) is 109 Å². The van der Waals surface area contributed by atoms with Gasteiger partial charge in [0, 0.05) is 13.1 Å². The molecule has 0 bridgehead atoms. The van der Waals surface area contributed by atoms with Gasteiger partial charge in [-0.1, -0.05) is 84.9 Å². The highest BCUT2D eigenvalue weighted by Crippen LogP contribution is 2.26. The average Bonchev–Trinajstić information content (AvgIpc) is 2.98. The Kier molecular flexibility index (Phi) is 9.73. The zero-order valence-corrected chi connectivity index (χ0v) is 22.4. The first-order chi connectivity index (χ1) is 19.1. The third-order valence-electron chi connectivity index (χ3n) is 6.58. The molecule has 4 aromatic carbocycles. The molecular weight excluding hydrogens is 488 g/mol. The fourth-order valence-corrected chi connectivity index (χ4v) is 4.45. The second-order valence-corrected chi connectivity index (χ2v) is 9.23. The molecule has 0 saturated heterocycles. The number of carbonyl (C=O) groups is 2. The minimum Gasteiger partial charge on any atom is -0.497 e. The second-order valence-electron chi connectivity index (χ2n) is 9.23. The van der Waals surface area contributed by atoms with E-state index in [4.69, 9.17) is 9.47 Å². The summed E-state index contributed by atoms with van der Waals surface area (Å²) in [7, 11) is 3.25. The number of nitrogens with zero attached hydrogens (tertiary/aromatic N) is 1. The predicted octanol–water partition coefficient (Wildman–Crippen LogP) is 5.38. The molecule has 4 aromatic rings. The molecule has 0 aliphatic heterocycles. The van der Waals surface area contributed by atoms with E-state index in [0.29, 0.717) is 13.0 Å². The molecule has 0 aliphatic carbocycles. The lowest BCUT2D eigenvalue weighted by atomic mass is 10.0. The largest absolute Gasteiger partial charge is 0.497 e. The minimum absolute atomic E-state index is 0.129. The first-order valence-electron chi connectivity index (χ1n) is 13.0. The van der Waals surface area contributed by atoms with Gasteiger partial charge in [0.2, 0.25) is 11.8 Å². The van der Waals surface area contributed by atoms with Gasteiger partial charge in [0.05, 0.1) is 20.6 Å². The van der Waals surface area contributed by atoms with Crippen molar-refractivity contribution in [3.63, 3.8) is 0 Å². The fraction of sp³-hybridized carbons (Fsp3) is 0.212. The van der Waals surface area contributed by atoms with Gasteiger partial charge in [-0.05, 0) is 52.9 Å². The van der Waals surface area contributed by atoms with Gasteiger partial charge in [-0.2, -0.15) is 0 Å². The standard InChI is InChI=1S/C33H34N2O4/c1-38-29-17-13-25(14-18-29)21-22-34-33(37)32(28-11-7-4-8-12-28)35(24-27-15-19-30(39-2)20-16-27)31(36)23-26-9-5-3-6-10-26/h3-20,32H,21-24H2,1-2H3,(H,34,37)/t32-/m1/s1. The highest BCUT2D eigenvalue weighted by atomic mass is 16.5. The lowest BCUT2D eigenvalue weighted by Crippen LogP contribution is -2.44. The zero-order chi connectivity index (χ0) is 27.5. The predicted molar refractivity (Wildman–Crippen MR) is 153 cm³/mol. The molecule has 1 atom stereocenters. The van der Waals surface area contributed by atoms with Crippen LogP contribution >= 0.6 is 0 Å². The van der Waals surface area contributed by atoms with Crippen molar-refractivity contribution in [1.82, 2.24) is 10.2 Å². The van der Waals surface area contributed by atoms with Gasteiger partial charge in [0.15, 0.2) is 0 Å². The molecule has 0 unspecified atom stereocenters. The van der Waals surface area contributed by atoms with Crippen molar-refractivity contribution in [2.45, 2.75) is 25.4 Å². The summed E-state index contributed by atoms with van der Waals surface area (Å²) in [5.41, 5.74) is 3.65. The van der Waals surface area contributed by atoms with Crippen LogP contribution in [-0.4, -0.2) is 37.5 Å². The van der Waals surface area contributed by atoms with Crippen molar-refractivity contribution < 1.29 is 19.1 Å². The van der Waals surface area contributed by atoms with Gasteiger partial charge in [-0.25, -0.2) is 0 Å². The van der Waals surface area contributed by atoms with Crippen molar-refractivity contribution in [2.75, 3.05) is 20.8 Å². The van der Waals surface area contributed by atoms with Crippen molar-refractivity contribution >= 4 is 11.8 Å². The summed E-state index contributed by atoms with van der Waals surface area (Å²) in [6.45, 7) is 0.721. The fourth-order valence-electron chi connectivity index (χ4n) is 4.45. The lowest BCUT2D eigenvalue weighted by molar-refractivity contribution is -0.141. The monoisotopic (exact) mass is 522 g/mol. The highest BCUT2D eigenvalue weighted by molar-refractivity contribution is 5.89. The van der Waals surface area contributed by atoms with Crippen LogP contribution < -0.4 is 14.8 Å².